The Morgan fingerprint density at radius 2 is 1.81 bits per heavy atom. The predicted octanol–water partition coefficient (Wildman–Crippen LogP) is 3.28. The zero-order valence-corrected chi connectivity index (χ0v) is 9.07. The summed E-state index contributed by atoms with van der Waals surface area (Å²) in [4.78, 5) is 4.44. The number of aryl methyl sites for hydroxylation is 1. The van der Waals surface area contributed by atoms with Crippen LogP contribution in [-0.4, -0.2) is 4.98 Å². The van der Waals surface area contributed by atoms with E-state index in [4.69, 9.17) is 5.73 Å². The summed E-state index contributed by atoms with van der Waals surface area (Å²) in [7, 11) is 0. The number of pyridine rings is 1. The van der Waals surface area contributed by atoms with Crippen molar-refractivity contribution >= 4 is 27.5 Å². The lowest BCUT2D eigenvalue weighted by Gasteiger charge is -2.06. The number of hydrogen-bond acceptors (Lipinski definition) is 2. The molecule has 0 aliphatic carbocycles. The van der Waals surface area contributed by atoms with Crippen LogP contribution in [0.15, 0.2) is 42.5 Å². The van der Waals surface area contributed by atoms with Gasteiger partial charge in [-0.25, -0.2) is 4.98 Å². The molecule has 3 rings (SSSR count). The van der Waals surface area contributed by atoms with E-state index in [2.05, 4.69) is 36.2 Å². The van der Waals surface area contributed by atoms with Gasteiger partial charge in [-0.1, -0.05) is 36.4 Å². The van der Waals surface area contributed by atoms with E-state index in [0.717, 1.165) is 10.9 Å². The van der Waals surface area contributed by atoms with Crippen LogP contribution in [0.25, 0.3) is 21.7 Å². The molecule has 0 amide bonds. The van der Waals surface area contributed by atoms with E-state index in [-0.39, 0.29) is 0 Å². The maximum absolute atomic E-state index is 5.80. The minimum Gasteiger partial charge on any atom is -0.384 e. The molecule has 2 N–H and O–H groups in total. The number of anilines is 1. The summed E-state index contributed by atoms with van der Waals surface area (Å²) in [5, 5.41) is 3.54. The van der Waals surface area contributed by atoms with E-state index in [1.165, 1.54) is 16.3 Å². The second-order valence-corrected chi connectivity index (χ2v) is 4.05. The number of fused-ring (bicyclic) bond motifs is 3. The van der Waals surface area contributed by atoms with E-state index in [0.29, 0.717) is 5.82 Å². The normalized spacial score (nSPS) is 11.1. The summed E-state index contributed by atoms with van der Waals surface area (Å²) in [5.74, 6) is 0.585. The Bertz CT molecular complexity index is 687. The number of aromatic nitrogens is 1. The van der Waals surface area contributed by atoms with Gasteiger partial charge < -0.3 is 5.73 Å². The largest absolute Gasteiger partial charge is 0.384 e. The van der Waals surface area contributed by atoms with Crippen molar-refractivity contribution in [3.8, 4) is 0 Å². The first kappa shape index (κ1) is 9.16. The highest BCUT2D eigenvalue weighted by Crippen LogP contribution is 2.26. The van der Waals surface area contributed by atoms with Crippen LogP contribution in [0.4, 0.5) is 5.82 Å². The van der Waals surface area contributed by atoms with Gasteiger partial charge in [0, 0.05) is 10.8 Å². The molecule has 16 heavy (non-hydrogen) atoms. The summed E-state index contributed by atoms with van der Waals surface area (Å²) >= 11 is 0. The molecular formula is C14H12N2. The molecule has 2 heteroatoms. The van der Waals surface area contributed by atoms with Gasteiger partial charge in [0.25, 0.3) is 0 Å². The van der Waals surface area contributed by atoms with Crippen molar-refractivity contribution in [2.45, 2.75) is 6.92 Å². The minimum absolute atomic E-state index is 0.585. The smallest absolute Gasteiger partial charge is 0.124 e. The summed E-state index contributed by atoms with van der Waals surface area (Å²) in [6.45, 7) is 2.06. The van der Waals surface area contributed by atoms with Crippen LogP contribution >= 0.6 is 0 Å². The van der Waals surface area contributed by atoms with Crippen LogP contribution < -0.4 is 5.73 Å². The third-order valence-electron chi connectivity index (χ3n) is 2.93. The molecule has 1 heterocycles. The first-order valence-corrected chi connectivity index (χ1v) is 5.30. The summed E-state index contributed by atoms with van der Waals surface area (Å²) in [6.07, 6.45) is 0. The van der Waals surface area contributed by atoms with Crippen molar-refractivity contribution in [3.05, 3.63) is 48.0 Å². The van der Waals surface area contributed by atoms with Crippen molar-refractivity contribution in [2.75, 3.05) is 5.73 Å². The third kappa shape index (κ3) is 1.23. The quantitative estimate of drug-likeness (QED) is 0.576. The third-order valence-corrected chi connectivity index (χ3v) is 2.93. The fourth-order valence-electron chi connectivity index (χ4n) is 2.15. The average Bonchev–Trinajstić information content (AvgIpc) is 2.28. The van der Waals surface area contributed by atoms with Crippen molar-refractivity contribution in [3.63, 3.8) is 0 Å². The van der Waals surface area contributed by atoms with Gasteiger partial charge in [0.1, 0.15) is 5.82 Å². The standard InChI is InChI=1S/C14H12N2/c1-9-8-13(15)16-14-11(9)7-6-10-4-2-3-5-12(10)14/h2-8H,1H3,(H2,15,16). The Balaban J connectivity index is 2.59. The number of nitrogens with two attached hydrogens (primary N) is 1. The fourth-order valence-corrected chi connectivity index (χ4v) is 2.15. The topological polar surface area (TPSA) is 38.9 Å². The molecule has 3 aromatic rings. The molecule has 0 atom stereocenters. The molecule has 0 aliphatic rings. The highest BCUT2D eigenvalue weighted by molar-refractivity contribution is 6.06. The molecule has 0 saturated heterocycles. The molecule has 0 fully saturated rings. The van der Waals surface area contributed by atoms with Gasteiger partial charge in [-0.2, -0.15) is 0 Å². The van der Waals surface area contributed by atoms with Crippen LogP contribution in [0.1, 0.15) is 5.56 Å². The van der Waals surface area contributed by atoms with Crippen LogP contribution in [0.5, 0.6) is 0 Å². The first-order chi connectivity index (χ1) is 7.75. The molecule has 78 valence electrons. The lowest BCUT2D eigenvalue weighted by Crippen LogP contribution is -1.93. The maximum atomic E-state index is 5.80. The van der Waals surface area contributed by atoms with Crippen LogP contribution in [0, 0.1) is 6.92 Å². The van der Waals surface area contributed by atoms with Gasteiger partial charge in [-0.3, -0.25) is 0 Å². The van der Waals surface area contributed by atoms with Crippen molar-refractivity contribution in [1.29, 1.82) is 0 Å². The number of rotatable bonds is 0. The van der Waals surface area contributed by atoms with Crippen molar-refractivity contribution in [2.24, 2.45) is 0 Å². The first-order valence-electron chi connectivity index (χ1n) is 5.30. The van der Waals surface area contributed by atoms with Gasteiger partial charge in [-0.15, -0.1) is 0 Å². The van der Waals surface area contributed by atoms with Crippen molar-refractivity contribution in [1.82, 2.24) is 4.98 Å². The molecule has 0 spiro atoms. The Labute approximate surface area is 93.7 Å². The lowest BCUT2D eigenvalue weighted by molar-refractivity contribution is 1.38. The van der Waals surface area contributed by atoms with E-state index < -0.39 is 0 Å². The average molecular weight is 208 g/mol. The molecule has 0 bridgehead atoms. The Kier molecular flexibility index (Phi) is 1.83. The summed E-state index contributed by atoms with van der Waals surface area (Å²) in [5.41, 5.74) is 7.97. The Hall–Kier alpha value is -2.09. The van der Waals surface area contributed by atoms with Gasteiger partial charge in [0.05, 0.1) is 5.52 Å². The Morgan fingerprint density at radius 1 is 1.00 bits per heavy atom. The SMILES string of the molecule is Cc1cc(N)nc2c1ccc1ccccc12. The number of hydrogen-bond donors (Lipinski definition) is 1. The van der Waals surface area contributed by atoms with E-state index in [1.54, 1.807) is 0 Å². The molecule has 0 aliphatic heterocycles. The van der Waals surface area contributed by atoms with Crippen molar-refractivity contribution < 1.29 is 0 Å². The molecule has 1 aromatic heterocycles. The van der Waals surface area contributed by atoms with Crippen LogP contribution in [0.2, 0.25) is 0 Å². The maximum Gasteiger partial charge on any atom is 0.124 e. The Morgan fingerprint density at radius 3 is 2.69 bits per heavy atom. The predicted molar refractivity (Wildman–Crippen MR) is 68.4 cm³/mol. The zero-order chi connectivity index (χ0) is 11.1. The molecule has 2 nitrogen and oxygen atoms in total. The monoisotopic (exact) mass is 208 g/mol. The molecule has 0 unspecified atom stereocenters. The number of benzene rings is 2. The van der Waals surface area contributed by atoms with Gasteiger partial charge in [0.2, 0.25) is 0 Å². The summed E-state index contributed by atoms with van der Waals surface area (Å²) in [6, 6.07) is 14.4. The molecule has 0 saturated carbocycles. The molecule has 0 radical (unpaired) electrons. The fraction of sp³-hybridized carbons (Fsp3) is 0.0714. The molecule has 2 aromatic carbocycles. The second-order valence-electron chi connectivity index (χ2n) is 4.05. The van der Waals surface area contributed by atoms with E-state index in [9.17, 15) is 0 Å². The minimum atomic E-state index is 0.585. The number of nitrogen functional groups attached to an aromatic ring is 1. The van der Waals surface area contributed by atoms with Gasteiger partial charge in [0.15, 0.2) is 0 Å². The highest BCUT2D eigenvalue weighted by Gasteiger charge is 2.04. The van der Waals surface area contributed by atoms with E-state index >= 15 is 0 Å². The zero-order valence-electron chi connectivity index (χ0n) is 9.07. The van der Waals surface area contributed by atoms with E-state index in [1.807, 2.05) is 18.2 Å². The van der Waals surface area contributed by atoms with Gasteiger partial charge >= 0.3 is 0 Å². The second kappa shape index (κ2) is 3.20. The lowest BCUT2D eigenvalue weighted by atomic mass is 10.0. The molecular weight excluding hydrogens is 196 g/mol. The van der Waals surface area contributed by atoms with Crippen LogP contribution in [-0.2, 0) is 0 Å². The highest BCUT2D eigenvalue weighted by atomic mass is 14.8. The number of nitrogens with zero attached hydrogens (tertiary/aromatic N) is 1. The summed E-state index contributed by atoms with van der Waals surface area (Å²) < 4.78 is 0. The van der Waals surface area contributed by atoms with Crippen LogP contribution in [0.3, 0.4) is 0 Å². The van der Waals surface area contributed by atoms with Gasteiger partial charge in [-0.05, 0) is 23.9 Å².